The highest BCUT2D eigenvalue weighted by atomic mass is 35.5. The average molecular weight is 439 g/mol. The van der Waals surface area contributed by atoms with Crippen molar-refractivity contribution >= 4 is 42.3 Å². The van der Waals surface area contributed by atoms with E-state index in [1.165, 1.54) is 6.20 Å². The number of hydrogen-bond acceptors (Lipinski definition) is 4. The van der Waals surface area contributed by atoms with E-state index in [0.717, 1.165) is 38.9 Å². The van der Waals surface area contributed by atoms with Gasteiger partial charge >= 0.3 is 0 Å². The van der Waals surface area contributed by atoms with Crippen LogP contribution in [0.4, 0.5) is 5.69 Å². The minimum absolute atomic E-state index is 0. The van der Waals surface area contributed by atoms with Gasteiger partial charge in [-0.3, -0.25) is 14.6 Å². The molecule has 0 atom stereocenters. The fraction of sp³-hybridized carbons (Fsp3) is 0.381. The smallest absolute Gasteiger partial charge is 0.257 e. The highest BCUT2D eigenvalue weighted by Crippen LogP contribution is 2.22. The Kier molecular flexibility index (Phi) is 10.7. The van der Waals surface area contributed by atoms with E-state index in [1.807, 2.05) is 11.9 Å². The molecule has 0 unspecified atom stereocenters. The van der Waals surface area contributed by atoms with Crippen LogP contribution in [0, 0.1) is 5.92 Å². The molecule has 6 nitrogen and oxygen atoms in total. The maximum absolute atomic E-state index is 12.8. The topological polar surface area (TPSA) is 74.3 Å². The molecule has 29 heavy (non-hydrogen) atoms. The van der Waals surface area contributed by atoms with E-state index >= 15 is 0 Å². The molecule has 1 aliphatic heterocycles. The van der Waals surface area contributed by atoms with Gasteiger partial charge in [0.1, 0.15) is 0 Å². The summed E-state index contributed by atoms with van der Waals surface area (Å²) in [6.07, 6.45) is 6.39. The second kappa shape index (κ2) is 12.4. The maximum atomic E-state index is 12.8. The number of aromatic nitrogens is 1. The summed E-state index contributed by atoms with van der Waals surface area (Å²) in [5, 5.41) is 6.02. The number of carbonyl (C=O) groups excluding carboxylic acids is 2. The van der Waals surface area contributed by atoms with Crippen molar-refractivity contribution in [2.24, 2.45) is 5.92 Å². The van der Waals surface area contributed by atoms with Gasteiger partial charge in [0.25, 0.3) is 11.8 Å². The third-order valence-electron chi connectivity index (χ3n) is 5.00. The van der Waals surface area contributed by atoms with Crippen LogP contribution in [-0.4, -0.2) is 48.4 Å². The summed E-state index contributed by atoms with van der Waals surface area (Å²) in [4.78, 5) is 31.0. The molecule has 0 radical (unpaired) electrons. The van der Waals surface area contributed by atoms with Gasteiger partial charge in [-0.1, -0.05) is 6.07 Å². The van der Waals surface area contributed by atoms with E-state index < -0.39 is 0 Å². The highest BCUT2D eigenvalue weighted by molar-refractivity contribution is 6.04. The molecule has 1 saturated heterocycles. The van der Waals surface area contributed by atoms with Gasteiger partial charge in [-0.15, -0.1) is 24.8 Å². The summed E-state index contributed by atoms with van der Waals surface area (Å²) in [6.45, 7) is 2.61. The van der Waals surface area contributed by atoms with Crippen LogP contribution in [0.25, 0.3) is 0 Å². The van der Waals surface area contributed by atoms with E-state index in [0.29, 0.717) is 22.7 Å². The average Bonchev–Trinajstić information content (AvgIpc) is 2.73. The minimum Gasteiger partial charge on any atom is -0.339 e. The largest absolute Gasteiger partial charge is 0.339 e. The van der Waals surface area contributed by atoms with E-state index in [1.54, 1.807) is 42.6 Å². The first kappa shape index (κ1) is 24.9. The summed E-state index contributed by atoms with van der Waals surface area (Å²) in [7, 11) is 1.97. The maximum Gasteiger partial charge on any atom is 0.257 e. The molecule has 1 fully saturated rings. The molecule has 2 N–H and O–H groups in total. The molecule has 0 saturated carbocycles. The van der Waals surface area contributed by atoms with Crippen molar-refractivity contribution < 1.29 is 9.59 Å². The van der Waals surface area contributed by atoms with Crippen molar-refractivity contribution in [3.05, 3.63) is 59.9 Å². The molecular formula is C21H28Cl2N4O2. The Morgan fingerprint density at radius 1 is 1.10 bits per heavy atom. The highest BCUT2D eigenvalue weighted by Gasteiger charge is 2.23. The number of halogens is 2. The molecule has 0 spiro atoms. The zero-order chi connectivity index (χ0) is 19.1. The predicted molar refractivity (Wildman–Crippen MR) is 120 cm³/mol. The number of likely N-dealkylation sites (tertiary alicyclic amines) is 1. The quantitative estimate of drug-likeness (QED) is 0.721. The molecule has 1 aliphatic rings. The lowest BCUT2D eigenvalue weighted by molar-refractivity contribution is 0.0687. The van der Waals surface area contributed by atoms with Crippen LogP contribution in [-0.2, 0) is 0 Å². The van der Waals surface area contributed by atoms with Crippen molar-refractivity contribution in [3.63, 3.8) is 0 Å². The Balaban J connectivity index is 0.00000210. The molecule has 2 heterocycles. The number of piperidine rings is 1. The van der Waals surface area contributed by atoms with Crippen LogP contribution < -0.4 is 10.6 Å². The molecule has 0 aliphatic carbocycles. The summed E-state index contributed by atoms with van der Waals surface area (Å²) in [5.41, 5.74) is 1.70. The third-order valence-corrected chi connectivity index (χ3v) is 5.00. The molecule has 8 heteroatoms. The van der Waals surface area contributed by atoms with Crippen molar-refractivity contribution in [2.45, 2.75) is 19.3 Å². The Hall–Kier alpha value is -2.15. The standard InChI is InChI=1S/C21H26N4O2.2ClH/c1-22-11-7-16-8-12-25(13-9-16)21(27)17-4-2-6-19(14-17)24-20(26)18-5-3-10-23-15-18;;/h2-6,10,14-16,22H,7-9,11-13H2,1H3,(H,24,26);2*1H. The molecular weight excluding hydrogens is 411 g/mol. The van der Waals surface area contributed by atoms with E-state index in [9.17, 15) is 9.59 Å². The van der Waals surface area contributed by atoms with Crippen LogP contribution in [0.2, 0.25) is 0 Å². The molecule has 1 aromatic carbocycles. The van der Waals surface area contributed by atoms with Crippen molar-refractivity contribution in [2.75, 3.05) is 32.0 Å². The van der Waals surface area contributed by atoms with Crippen LogP contribution in [0.3, 0.4) is 0 Å². The Labute approximate surface area is 184 Å². The second-order valence-corrected chi connectivity index (χ2v) is 6.90. The summed E-state index contributed by atoms with van der Waals surface area (Å²) < 4.78 is 0. The van der Waals surface area contributed by atoms with Crippen LogP contribution >= 0.6 is 24.8 Å². The van der Waals surface area contributed by atoms with Gasteiger partial charge in [0, 0.05) is 36.7 Å². The number of amides is 2. The Morgan fingerprint density at radius 2 is 1.83 bits per heavy atom. The van der Waals surface area contributed by atoms with Gasteiger partial charge in [0.15, 0.2) is 0 Å². The monoisotopic (exact) mass is 438 g/mol. The normalized spacial score (nSPS) is 13.8. The van der Waals surface area contributed by atoms with E-state index in [-0.39, 0.29) is 36.6 Å². The fourth-order valence-electron chi connectivity index (χ4n) is 3.39. The van der Waals surface area contributed by atoms with Crippen LogP contribution in [0.15, 0.2) is 48.8 Å². The number of nitrogens with zero attached hydrogens (tertiary/aromatic N) is 2. The number of anilines is 1. The zero-order valence-corrected chi connectivity index (χ0v) is 18.1. The van der Waals surface area contributed by atoms with Crippen LogP contribution in [0.1, 0.15) is 40.0 Å². The number of carbonyl (C=O) groups is 2. The van der Waals surface area contributed by atoms with E-state index in [4.69, 9.17) is 0 Å². The molecule has 3 rings (SSSR count). The second-order valence-electron chi connectivity index (χ2n) is 6.90. The lowest BCUT2D eigenvalue weighted by Crippen LogP contribution is -2.39. The van der Waals surface area contributed by atoms with Crippen molar-refractivity contribution in [3.8, 4) is 0 Å². The first-order chi connectivity index (χ1) is 13.2. The summed E-state index contributed by atoms with van der Waals surface area (Å²) in [6, 6.07) is 10.5. The lowest BCUT2D eigenvalue weighted by atomic mass is 9.93. The zero-order valence-electron chi connectivity index (χ0n) is 16.5. The number of rotatable bonds is 6. The summed E-state index contributed by atoms with van der Waals surface area (Å²) >= 11 is 0. The van der Waals surface area contributed by atoms with Gasteiger partial charge in [0.2, 0.25) is 0 Å². The summed E-state index contributed by atoms with van der Waals surface area (Å²) in [5.74, 6) is 0.476. The Morgan fingerprint density at radius 3 is 2.48 bits per heavy atom. The number of hydrogen-bond donors (Lipinski definition) is 2. The molecule has 1 aromatic heterocycles. The van der Waals surface area contributed by atoms with E-state index in [2.05, 4.69) is 15.6 Å². The van der Waals surface area contributed by atoms with Crippen molar-refractivity contribution in [1.82, 2.24) is 15.2 Å². The molecule has 158 valence electrons. The molecule has 2 amide bonds. The third kappa shape index (κ3) is 6.99. The first-order valence-electron chi connectivity index (χ1n) is 9.42. The number of nitrogens with one attached hydrogen (secondary N) is 2. The van der Waals surface area contributed by atoms with Gasteiger partial charge in [-0.05, 0) is 69.1 Å². The predicted octanol–water partition coefficient (Wildman–Crippen LogP) is 3.64. The number of pyridine rings is 1. The van der Waals surface area contributed by atoms with Crippen LogP contribution in [0.5, 0.6) is 0 Å². The minimum atomic E-state index is -0.238. The fourth-order valence-corrected chi connectivity index (χ4v) is 3.39. The Bertz CT molecular complexity index is 781. The van der Waals surface area contributed by atoms with Gasteiger partial charge in [-0.25, -0.2) is 0 Å². The SMILES string of the molecule is CNCCC1CCN(C(=O)c2cccc(NC(=O)c3cccnc3)c2)CC1.Cl.Cl. The van der Waals surface area contributed by atoms with Gasteiger partial charge in [0.05, 0.1) is 5.56 Å². The first-order valence-corrected chi connectivity index (χ1v) is 9.42. The lowest BCUT2D eigenvalue weighted by Gasteiger charge is -2.32. The number of benzene rings is 1. The van der Waals surface area contributed by atoms with Gasteiger partial charge in [-0.2, -0.15) is 0 Å². The molecule has 2 aromatic rings. The molecule has 0 bridgehead atoms. The van der Waals surface area contributed by atoms with Gasteiger partial charge < -0.3 is 15.5 Å². The van der Waals surface area contributed by atoms with Crippen molar-refractivity contribution in [1.29, 1.82) is 0 Å².